The van der Waals surface area contributed by atoms with Gasteiger partial charge < -0.3 is 9.84 Å². The highest BCUT2D eigenvalue weighted by molar-refractivity contribution is 8.00. The summed E-state index contributed by atoms with van der Waals surface area (Å²) in [6.07, 6.45) is -4.50. The molecule has 2 rings (SSSR count). The van der Waals surface area contributed by atoms with Crippen LogP contribution in [0.5, 0.6) is 11.5 Å². The Balaban J connectivity index is 2.25. The molecule has 0 aromatic heterocycles. The van der Waals surface area contributed by atoms with E-state index in [4.69, 9.17) is 33.0 Å². The van der Waals surface area contributed by atoms with Gasteiger partial charge in [0, 0.05) is 4.90 Å². The van der Waals surface area contributed by atoms with Gasteiger partial charge >= 0.3 is 12.1 Å². The highest BCUT2D eigenvalue weighted by Gasteiger charge is 2.31. The summed E-state index contributed by atoms with van der Waals surface area (Å²) in [5.74, 6) is -0.691. The van der Waals surface area contributed by atoms with Crippen molar-refractivity contribution in [3.63, 3.8) is 0 Å². The normalized spacial score (nSPS) is 12.7. The molecule has 1 N–H and O–H groups in total. The maximum absolute atomic E-state index is 12.6. The van der Waals surface area contributed by atoms with E-state index in [1.807, 2.05) is 0 Å². The highest BCUT2D eigenvalue weighted by Crippen LogP contribution is 2.38. The third kappa shape index (κ3) is 5.20. The zero-order valence-electron chi connectivity index (χ0n) is 12.6. The quantitative estimate of drug-likeness (QED) is 0.581. The molecule has 0 fully saturated rings. The molecule has 0 heterocycles. The summed E-state index contributed by atoms with van der Waals surface area (Å²) in [5.41, 5.74) is -0.882. The van der Waals surface area contributed by atoms with Crippen molar-refractivity contribution >= 4 is 40.9 Å². The first-order chi connectivity index (χ1) is 11.6. The molecular formula is C16H11Cl2F3O3S. The lowest BCUT2D eigenvalue weighted by atomic mass is 10.2. The van der Waals surface area contributed by atoms with Crippen LogP contribution in [0.25, 0.3) is 0 Å². The van der Waals surface area contributed by atoms with E-state index in [-0.39, 0.29) is 16.5 Å². The predicted molar refractivity (Wildman–Crippen MR) is 90.9 cm³/mol. The van der Waals surface area contributed by atoms with Gasteiger partial charge in [0.15, 0.2) is 0 Å². The number of ether oxygens (including phenoxy) is 1. The molecule has 134 valence electrons. The van der Waals surface area contributed by atoms with E-state index in [0.717, 1.165) is 30.0 Å². The Morgan fingerprint density at radius 3 is 2.40 bits per heavy atom. The predicted octanol–water partition coefficient (Wildman–Crippen LogP) is 6.37. The first-order valence-corrected chi connectivity index (χ1v) is 8.45. The second-order valence-corrected chi connectivity index (χ2v) is 7.13. The Morgan fingerprint density at radius 2 is 1.84 bits per heavy atom. The van der Waals surface area contributed by atoms with Crippen LogP contribution >= 0.6 is 35.0 Å². The smallest absolute Gasteiger partial charge is 0.416 e. The van der Waals surface area contributed by atoms with E-state index in [1.54, 1.807) is 0 Å². The van der Waals surface area contributed by atoms with Gasteiger partial charge in [-0.05, 0) is 43.3 Å². The second kappa shape index (κ2) is 7.76. The number of rotatable bonds is 5. The molecule has 0 unspecified atom stereocenters. The molecule has 2 aromatic carbocycles. The van der Waals surface area contributed by atoms with E-state index >= 15 is 0 Å². The van der Waals surface area contributed by atoms with Gasteiger partial charge in [-0.25, -0.2) is 0 Å². The minimum absolute atomic E-state index is 0.0409. The van der Waals surface area contributed by atoms with Crippen LogP contribution in [0.1, 0.15) is 12.5 Å². The first kappa shape index (κ1) is 19.8. The lowest BCUT2D eigenvalue weighted by molar-refractivity contribution is -0.138. The molecule has 9 heteroatoms. The lowest BCUT2D eigenvalue weighted by Crippen LogP contribution is -2.11. The van der Waals surface area contributed by atoms with Gasteiger partial charge in [-0.2, -0.15) is 13.2 Å². The Morgan fingerprint density at radius 1 is 1.16 bits per heavy atom. The van der Waals surface area contributed by atoms with Crippen LogP contribution in [0.15, 0.2) is 41.3 Å². The van der Waals surface area contributed by atoms with E-state index in [9.17, 15) is 18.0 Å². The summed E-state index contributed by atoms with van der Waals surface area (Å²) in [4.78, 5) is 11.4. The largest absolute Gasteiger partial charge is 0.480 e. The number of carboxylic acid groups (broad SMARTS) is 1. The molecule has 0 saturated heterocycles. The summed E-state index contributed by atoms with van der Waals surface area (Å²) in [6.45, 7) is 1.50. The number of hydrogen-bond donors (Lipinski definition) is 1. The standard InChI is InChI=1S/C16H11Cl2F3O3S/c1-8(15(22)23)25-14-7-10(3-4-11(14)17)24-13-5-2-9(6-12(13)18)16(19,20)21/h2-8H,1H3,(H,22,23)/t8-/m1/s1. The van der Waals surface area contributed by atoms with Gasteiger partial charge in [-0.3, -0.25) is 4.79 Å². The number of carbonyl (C=O) groups is 1. The third-order valence-corrected chi connectivity index (χ3v) is 4.93. The zero-order valence-corrected chi connectivity index (χ0v) is 14.9. The number of hydrogen-bond acceptors (Lipinski definition) is 3. The number of alkyl halides is 3. The van der Waals surface area contributed by atoms with Crippen molar-refractivity contribution in [3.8, 4) is 11.5 Å². The summed E-state index contributed by atoms with van der Waals surface area (Å²) in [5, 5.41) is 8.37. The molecule has 0 aliphatic rings. The average Bonchev–Trinajstić information content (AvgIpc) is 2.51. The van der Waals surface area contributed by atoms with Crippen LogP contribution in [0.2, 0.25) is 10.0 Å². The minimum atomic E-state index is -4.50. The van der Waals surface area contributed by atoms with E-state index in [1.165, 1.54) is 25.1 Å². The fourth-order valence-corrected chi connectivity index (χ4v) is 3.08. The molecule has 0 aliphatic heterocycles. The second-order valence-electron chi connectivity index (χ2n) is 4.94. The number of thioether (sulfide) groups is 1. The van der Waals surface area contributed by atoms with Gasteiger partial charge in [0.05, 0.1) is 15.6 Å². The molecule has 0 saturated carbocycles. The van der Waals surface area contributed by atoms with Gasteiger partial charge in [-0.15, -0.1) is 11.8 Å². The lowest BCUT2D eigenvalue weighted by Gasteiger charge is -2.13. The monoisotopic (exact) mass is 410 g/mol. The van der Waals surface area contributed by atoms with E-state index < -0.39 is 23.0 Å². The molecule has 0 spiro atoms. The van der Waals surface area contributed by atoms with Gasteiger partial charge in [0.1, 0.15) is 16.7 Å². The van der Waals surface area contributed by atoms with Crippen LogP contribution < -0.4 is 4.74 Å². The van der Waals surface area contributed by atoms with Crippen molar-refractivity contribution in [3.05, 3.63) is 52.0 Å². The van der Waals surface area contributed by atoms with E-state index in [2.05, 4.69) is 0 Å². The van der Waals surface area contributed by atoms with Crippen molar-refractivity contribution in [1.29, 1.82) is 0 Å². The Kier molecular flexibility index (Phi) is 6.13. The Hall–Kier alpha value is -1.57. The minimum Gasteiger partial charge on any atom is -0.480 e. The molecule has 0 amide bonds. The van der Waals surface area contributed by atoms with Crippen LogP contribution in [0.4, 0.5) is 13.2 Å². The zero-order chi connectivity index (χ0) is 18.8. The maximum Gasteiger partial charge on any atom is 0.416 e. The molecule has 1 atom stereocenters. The van der Waals surface area contributed by atoms with Crippen LogP contribution in [0.3, 0.4) is 0 Å². The molecule has 3 nitrogen and oxygen atoms in total. The Bertz CT molecular complexity index is 797. The molecule has 0 bridgehead atoms. The highest BCUT2D eigenvalue weighted by atomic mass is 35.5. The van der Waals surface area contributed by atoms with E-state index in [0.29, 0.717) is 9.92 Å². The number of halogens is 5. The van der Waals surface area contributed by atoms with Crippen molar-refractivity contribution in [2.24, 2.45) is 0 Å². The molecule has 0 aliphatic carbocycles. The SMILES string of the molecule is C[C@@H](Sc1cc(Oc2ccc(C(F)(F)F)cc2Cl)ccc1Cl)C(=O)O. The molecule has 2 aromatic rings. The fraction of sp³-hybridized carbons (Fsp3) is 0.188. The summed E-state index contributed by atoms with van der Waals surface area (Å²) in [6, 6.07) is 7.26. The van der Waals surface area contributed by atoms with Crippen LogP contribution in [-0.2, 0) is 11.0 Å². The van der Waals surface area contributed by atoms with Gasteiger partial charge in [0.2, 0.25) is 0 Å². The molecule has 0 radical (unpaired) electrons. The van der Waals surface area contributed by atoms with Crippen molar-refractivity contribution in [1.82, 2.24) is 0 Å². The number of aliphatic carboxylic acids is 1. The van der Waals surface area contributed by atoms with Crippen molar-refractivity contribution in [2.45, 2.75) is 23.2 Å². The number of carboxylic acids is 1. The maximum atomic E-state index is 12.6. The fourth-order valence-electron chi connectivity index (χ4n) is 1.77. The summed E-state index contributed by atoms with van der Waals surface area (Å²) < 4.78 is 43.4. The summed E-state index contributed by atoms with van der Waals surface area (Å²) in [7, 11) is 0. The molecule has 25 heavy (non-hydrogen) atoms. The van der Waals surface area contributed by atoms with Gasteiger partial charge in [-0.1, -0.05) is 23.2 Å². The first-order valence-electron chi connectivity index (χ1n) is 6.81. The Labute approximate surface area is 155 Å². The third-order valence-electron chi connectivity index (χ3n) is 3.04. The van der Waals surface area contributed by atoms with Gasteiger partial charge in [0.25, 0.3) is 0 Å². The summed E-state index contributed by atoms with van der Waals surface area (Å²) >= 11 is 12.9. The molecular weight excluding hydrogens is 400 g/mol. The number of benzene rings is 2. The topological polar surface area (TPSA) is 46.5 Å². The van der Waals surface area contributed by atoms with Crippen LogP contribution in [0, 0.1) is 0 Å². The average molecular weight is 411 g/mol. The van der Waals surface area contributed by atoms with Crippen molar-refractivity contribution < 1.29 is 27.8 Å². The van der Waals surface area contributed by atoms with Crippen LogP contribution in [-0.4, -0.2) is 16.3 Å². The van der Waals surface area contributed by atoms with Crippen molar-refractivity contribution in [2.75, 3.05) is 0 Å².